The molecule has 11 heteroatoms. The Morgan fingerprint density at radius 3 is 2.74 bits per heavy atom. The number of benzene rings is 1. The molecule has 0 aromatic heterocycles. The van der Waals surface area contributed by atoms with E-state index in [2.05, 4.69) is 6.58 Å². The number of carbonyl (C=O) groups is 2. The minimum Gasteiger partial charge on any atom is -0.508 e. The predicted molar refractivity (Wildman–Crippen MR) is 112 cm³/mol. The maximum Gasteiger partial charge on any atom is 0.338 e. The second-order valence-corrected chi connectivity index (χ2v) is 8.18. The average Bonchev–Trinajstić information content (AvgIpc) is 2.83. The number of aliphatic hydroxyl groups is 3. The van der Waals surface area contributed by atoms with Crippen LogP contribution in [-0.2, 0) is 28.5 Å². The normalized spacial score (nSPS) is 35.3. The first-order valence-electron chi connectivity index (χ1n) is 10.8. The fraction of sp³-hybridized carbons (Fsp3) is 0.478. The lowest BCUT2D eigenvalue weighted by Crippen LogP contribution is -2.61. The molecule has 184 valence electrons. The molecule has 0 unspecified atom stereocenters. The van der Waals surface area contributed by atoms with Gasteiger partial charge in [0.15, 0.2) is 12.4 Å². The summed E-state index contributed by atoms with van der Waals surface area (Å²) in [6.45, 7) is 3.36. The summed E-state index contributed by atoms with van der Waals surface area (Å²) < 4.78 is 27.2. The summed E-state index contributed by atoms with van der Waals surface area (Å²) in [5.74, 6) is -2.28. The third kappa shape index (κ3) is 4.65. The quantitative estimate of drug-likeness (QED) is 0.321. The van der Waals surface area contributed by atoms with Gasteiger partial charge in [0.1, 0.15) is 24.1 Å². The van der Waals surface area contributed by atoms with E-state index in [-0.39, 0.29) is 23.8 Å². The van der Waals surface area contributed by atoms with Crippen molar-refractivity contribution in [3.05, 3.63) is 54.3 Å². The first-order chi connectivity index (χ1) is 16.3. The van der Waals surface area contributed by atoms with Crippen LogP contribution in [0.4, 0.5) is 0 Å². The summed E-state index contributed by atoms with van der Waals surface area (Å²) in [5.41, 5.74) is 0.364. The van der Waals surface area contributed by atoms with Gasteiger partial charge in [-0.05, 0) is 24.6 Å². The number of rotatable bonds is 6. The van der Waals surface area contributed by atoms with Gasteiger partial charge >= 0.3 is 11.9 Å². The largest absolute Gasteiger partial charge is 0.508 e. The summed E-state index contributed by atoms with van der Waals surface area (Å²) in [6, 6.07) is 5.38. The molecule has 11 nitrogen and oxygen atoms in total. The van der Waals surface area contributed by atoms with Crippen LogP contribution in [0.1, 0.15) is 16.8 Å². The Kier molecular flexibility index (Phi) is 7.19. The van der Waals surface area contributed by atoms with Crippen LogP contribution in [0.5, 0.6) is 5.75 Å². The van der Waals surface area contributed by atoms with Crippen LogP contribution in [0, 0.1) is 11.8 Å². The predicted octanol–water partition coefficient (Wildman–Crippen LogP) is -0.0213. The second kappa shape index (κ2) is 10.1. The molecule has 3 aliphatic rings. The molecule has 4 rings (SSSR count). The zero-order valence-corrected chi connectivity index (χ0v) is 18.1. The number of phenols is 1. The van der Waals surface area contributed by atoms with Crippen molar-refractivity contribution >= 4 is 11.9 Å². The number of hydrogen-bond donors (Lipinski definition) is 4. The van der Waals surface area contributed by atoms with Gasteiger partial charge in [-0.2, -0.15) is 0 Å². The van der Waals surface area contributed by atoms with Crippen molar-refractivity contribution in [2.45, 2.75) is 43.4 Å². The van der Waals surface area contributed by atoms with Crippen molar-refractivity contribution in [1.82, 2.24) is 0 Å². The van der Waals surface area contributed by atoms with Crippen molar-refractivity contribution in [2.24, 2.45) is 11.8 Å². The average molecular weight is 478 g/mol. The summed E-state index contributed by atoms with van der Waals surface area (Å²) in [7, 11) is 0. The van der Waals surface area contributed by atoms with Crippen molar-refractivity contribution in [1.29, 1.82) is 0 Å². The zero-order valence-electron chi connectivity index (χ0n) is 18.1. The Labute approximate surface area is 194 Å². The molecular formula is C23H26O11. The molecule has 1 aromatic rings. The summed E-state index contributed by atoms with van der Waals surface area (Å²) in [5, 5.41) is 40.6. The van der Waals surface area contributed by atoms with E-state index in [1.807, 2.05) is 0 Å². The molecule has 0 radical (unpaired) electrons. The molecule has 4 N–H and O–H groups in total. The minimum atomic E-state index is -1.67. The van der Waals surface area contributed by atoms with Gasteiger partial charge in [0.05, 0.1) is 30.6 Å². The molecule has 34 heavy (non-hydrogen) atoms. The Morgan fingerprint density at radius 1 is 1.24 bits per heavy atom. The van der Waals surface area contributed by atoms with Crippen LogP contribution in [0.25, 0.3) is 0 Å². The molecule has 3 aliphatic heterocycles. The van der Waals surface area contributed by atoms with Gasteiger partial charge in [0.25, 0.3) is 0 Å². The Balaban J connectivity index is 1.46. The van der Waals surface area contributed by atoms with Gasteiger partial charge < -0.3 is 44.1 Å². The standard InChI is InChI=1S/C23H26O11/c1-2-13-14-6-7-30-21(29)15(14)10-31-22(13)34-23-18(27)17(26)19(16(9-24)32-23)33-20(28)11-4-3-5-12(25)8-11/h2-5,8,10,13-14,16-19,22-27H,1,6-7,9H2/t13-,14+,16-,17-,18-,19-,22+,23+/m1/s1. The lowest BCUT2D eigenvalue weighted by Gasteiger charge is -2.44. The van der Waals surface area contributed by atoms with Gasteiger partial charge in [-0.25, -0.2) is 9.59 Å². The van der Waals surface area contributed by atoms with E-state index in [1.165, 1.54) is 30.5 Å². The van der Waals surface area contributed by atoms with E-state index in [4.69, 9.17) is 23.7 Å². The van der Waals surface area contributed by atoms with E-state index >= 15 is 0 Å². The third-order valence-electron chi connectivity index (χ3n) is 6.09. The van der Waals surface area contributed by atoms with Gasteiger partial charge in [0.2, 0.25) is 6.29 Å². The molecule has 0 bridgehead atoms. The topological polar surface area (TPSA) is 161 Å². The highest BCUT2D eigenvalue weighted by Gasteiger charge is 2.50. The number of ether oxygens (including phenoxy) is 5. The van der Waals surface area contributed by atoms with Gasteiger partial charge in [-0.3, -0.25) is 0 Å². The molecule has 0 aliphatic carbocycles. The summed E-state index contributed by atoms with van der Waals surface area (Å²) in [6.07, 6.45) is -5.10. The van der Waals surface area contributed by atoms with E-state index < -0.39 is 61.5 Å². The molecular weight excluding hydrogens is 452 g/mol. The Morgan fingerprint density at radius 2 is 2.03 bits per heavy atom. The van der Waals surface area contributed by atoms with Crippen LogP contribution in [0.15, 0.2) is 48.8 Å². The lowest BCUT2D eigenvalue weighted by atomic mass is 9.81. The minimum absolute atomic E-state index is 0.00906. The molecule has 0 amide bonds. The Hall–Kier alpha value is -2.96. The highest BCUT2D eigenvalue weighted by molar-refractivity contribution is 5.90. The number of aliphatic hydroxyl groups excluding tert-OH is 3. The molecule has 8 atom stereocenters. The fourth-order valence-electron chi connectivity index (χ4n) is 4.29. The van der Waals surface area contributed by atoms with Crippen molar-refractivity contribution in [3.8, 4) is 5.75 Å². The van der Waals surface area contributed by atoms with Crippen LogP contribution < -0.4 is 0 Å². The van der Waals surface area contributed by atoms with E-state index in [0.717, 1.165) is 0 Å². The van der Waals surface area contributed by atoms with Crippen LogP contribution >= 0.6 is 0 Å². The Bertz CT molecular complexity index is 958. The molecule has 0 spiro atoms. The highest BCUT2D eigenvalue weighted by atomic mass is 16.8. The first kappa shape index (κ1) is 24.2. The van der Waals surface area contributed by atoms with Gasteiger partial charge in [-0.1, -0.05) is 12.1 Å². The number of fused-ring (bicyclic) bond motifs is 1. The molecule has 0 saturated carbocycles. The van der Waals surface area contributed by atoms with Crippen LogP contribution in [0.2, 0.25) is 0 Å². The molecule has 2 saturated heterocycles. The van der Waals surface area contributed by atoms with E-state index in [0.29, 0.717) is 12.0 Å². The first-order valence-corrected chi connectivity index (χ1v) is 10.8. The summed E-state index contributed by atoms with van der Waals surface area (Å²) >= 11 is 0. The van der Waals surface area contributed by atoms with Crippen molar-refractivity contribution in [3.63, 3.8) is 0 Å². The number of hydrogen-bond acceptors (Lipinski definition) is 11. The molecule has 1 aromatic carbocycles. The maximum atomic E-state index is 12.4. The van der Waals surface area contributed by atoms with Gasteiger partial charge in [0, 0.05) is 11.8 Å². The van der Waals surface area contributed by atoms with E-state index in [9.17, 15) is 30.0 Å². The number of cyclic esters (lactones) is 1. The second-order valence-electron chi connectivity index (χ2n) is 8.18. The highest BCUT2D eigenvalue weighted by Crippen LogP contribution is 2.39. The van der Waals surface area contributed by atoms with Crippen molar-refractivity contribution < 1.29 is 53.7 Å². The van der Waals surface area contributed by atoms with Crippen LogP contribution in [0.3, 0.4) is 0 Å². The number of phenolic OH excluding ortho intramolecular Hbond substituents is 1. The number of carbonyl (C=O) groups excluding carboxylic acids is 2. The SMILES string of the molecule is C=C[C@H]1[C@H](O[C@@H]2O[C@H](CO)[C@@H](OC(=O)c3cccc(O)c3)[C@H](O)[C@H]2O)OC=C2C(=O)OCC[C@H]21. The molecule has 3 heterocycles. The zero-order chi connectivity index (χ0) is 24.4. The monoisotopic (exact) mass is 478 g/mol. The lowest BCUT2D eigenvalue weighted by molar-refractivity contribution is -0.339. The van der Waals surface area contributed by atoms with E-state index in [1.54, 1.807) is 6.08 Å². The van der Waals surface area contributed by atoms with Crippen LogP contribution in [-0.4, -0.2) is 82.6 Å². The number of esters is 2. The smallest absolute Gasteiger partial charge is 0.338 e. The number of aromatic hydroxyl groups is 1. The maximum absolute atomic E-state index is 12.4. The molecule has 2 fully saturated rings. The third-order valence-corrected chi connectivity index (χ3v) is 6.09. The summed E-state index contributed by atoms with van der Waals surface area (Å²) in [4.78, 5) is 24.4. The van der Waals surface area contributed by atoms with Crippen molar-refractivity contribution in [2.75, 3.05) is 13.2 Å². The fourth-order valence-corrected chi connectivity index (χ4v) is 4.29. The van der Waals surface area contributed by atoms with Gasteiger partial charge in [-0.15, -0.1) is 6.58 Å².